The minimum Gasteiger partial charge on any atom is -0.496 e. The minimum absolute atomic E-state index is 0. The van der Waals surface area contributed by atoms with E-state index in [0.29, 0.717) is 24.3 Å². The number of methoxy groups -OCH3 is 1. The van der Waals surface area contributed by atoms with Gasteiger partial charge in [0.25, 0.3) is 0 Å². The third-order valence-electron chi connectivity index (χ3n) is 3.54. The average Bonchev–Trinajstić information content (AvgIpc) is 2.95. The van der Waals surface area contributed by atoms with Crippen molar-refractivity contribution in [2.24, 2.45) is 5.73 Å². The summed E-state index contributed by atoms with van der Waals surface area (Å²) in [5.74, 6) is 2.04. The van der Waals surface area contributed by atoms with E-state index in [4.69, 9.17) is 15.0 Å². The SMILES string of the molecule is COc1ccccc1CC(C)N(C)Cc1noc(CN)n1.Cl. The number of hydrogen-bond acceptors (Lipinski definition) is 6. The van der Waals surface area contributed by atoms with Crippen LogP contribution >= 0.6 is 12.4 Å². The van der Waals surface area contributed by atoms with Gasteiger partial charge < -0.3 is 15.0 Å². The van der Waals surface area contributed by atoms with E-state index in [1.54, 1.807) is 7.11 Å². The van der Waals surface area contributed by atoms with Crippen molar-refractivity contribution in [1.29, 1.82) is 0 Å². The van der Waals surface area contributed by atoms with Crippen LogP contribution in [0.15, 0.2) is 28.8 Å². The zero-order valence-corrected chi connectivity index (χ0v) is 14.0. The van der Waals surface area contributed by atoms with Gasteiger partial charge in [-0.1, -0.05) is 23.4 Å². The number of para-hydroxylation sites is 1. The Kier molecular flexibility index (Phi) is 7.31. The van der Waals surface area contributed by atoms with Gasteiger partial charge in [-0.2, -0.15) is 4.98 Å². The van der Waals surface area contributed by atoms with Crippen molar-refractivity contribution in [2.45, 2.75) is 32.5 Å². The smallest absolute Gasteiger partial charge is 0.240 e. The number of nitrogens with zero attached hydrogens (tertiary/aromatic N) is 3. The highest BCUT2D eigenvalue weighted by Gasteiger charge is 2.15. The van der Waals surface area contributed by atoms with Crippen molar-refractivity contribution >= 4 is 12.4 Å². The fourth-order valence-electron chi connectivity index (χ4n) is 2.16. The first-order valence-corrected chi connectivity index (χ1v) is 6.97. The number of benzene rings is 1. The molecule has 7 heteroatoms. The molecule has 0 bridgehead atoms. The van der Waals surface area contributed by atoms with Gasteiger partial charge in [-0.3, -0.25) is 4.90 Å². The highest BCUT2D eigenvalue weighted by Crippen LogP contribution is 2.20. The van der Waals surface area contributed by atoms with Gasteiger partial charge in [-0.15, -0.1) is 12.4 Å². The lowest BCUT2D eigenvalue weighted by Gasteiger charge is -2.24. The molecule has 1 aromatic heterocycles. The number of ether oxygens (including phenoxy) is 1. The largest absolute Gasteiger partial charge is 0.496 e. The molecule has 0 amide bonds. The maximum Gasteiger partial charge on any atom is 0.240 e. The van der Waals surface area contributed by atoms with Crippen molar-refractivity contribution in [3.63, 3.8) is 0 Å². The van der Waals surface area contributed by atoms with Crippen molar-refractivity contribution in [1.82, 2.24) is 15.0 Å². The summed E-state index contributed by atoms with van der Waals surface area (Å²) in [6, 6.07) is 8.39. The van der Waals surface area contributed by atoms with E-state index in [-0.39, 0.29) is 19.0 Å². The molecule has 0 aliphatic heterocycles. The van der Waals surface area contributed by atoms with Crippen molar-refractivity contribution in [3.05, 3.63) is 41.5 Å². The van der Waals surface area contributed by atoms with Gasteiger partial charge in [-0.05, 0) is 32.0 Å². The summed E-state index contributed by atoms with van der Waals surface area (Å²) in [7, 11) is 3.74. The summed E-state index contributed by atoms with van der Waals surface area (Å²) in [5, 5.41) is 3.92. The third kappa shape index (κ3) is 4.69. The number of aromatic nitrogens is 2. The van der Waals surface area contributed by atoms with Crippen LogP contribution in [0, 0.1) is 0 Å². The van der Waals surface area contributed by atoms with Crippen molar-refractivity contribution < 1.29 is 9.26 Å². The number of nitrogens with two attached hydrogens (primary N) is 1. The van der Waals surface area contributed by atoms with Crippen LogP contribution in [-0.2, 0) is 19.5 Å². The molecule has 1 heterocycles. The van der Waals surface area contributed by atoms with Gasteiger partial charge >= 0.3 is 0 Å². The van der Waals surface area contributed by atoms with Gasteiger partial charge in [0.05, 0.1) is 20.2 Å². The Morgan fingerprint density at radius 2 is 2.09 bits per heavy atom. The van der Waals surface area contributed by atoms with Crippen molar-refractivity contribution in [3.8, 4) is 5.75 Å². The highest BCUT2D eigenvalue weighted by atomic mass is 35.5. The minimum atomic E-state index is 0. The molecule has 2 rings (SSSR count). The first-order chi connectivity index (χ1) is 10.1. The van der Waals surface area contributed by atoms with Crippen LogP contribution in [0.25, 0.3) is 0 Å². The molecule has 0 aliphatic carbocycles. The van der Waals surface area contributed by atoms with Crippen LogP contribution < -0.4 is 10.5 Å². The second kappa shape index (κ2) is 8.73. The zero-order chi connectivity index (χ0) is 15.2. The molecule has 1 aromatic carbocycles. The molecule has 6 nitrogen and oxygen atoms in total. The molecule has 0 saturated heterocycles. The lowest BCUT2D eigenvalue weighted by molar-refractivity contribution is 0.236. The zero-order valence-electron chi connectivity index (χ0n) is 13.2. The molecule has 1 unspecified atom stereocenters. The molecule has 0 saturated carbocycles. The summed E-state index contributed by atoms with van der Waals surface area (Å²) in [6.07, 6.45) is 0.891. The lowest BCUT2D eigenvalue weighted by Crippen LogP contribution is -2.31. The van der Waals surface area contributed by atoms with E-state index in [1.165, 1.54) is 5.56 Å². The van der Waals surface area contributed by atoms with E-state index >= 15 is 0 Å². The Morgan fingerprint density at radius 1 is 1.36 bits per heavy atom. The summed E-state index contributed by atoms with van der Waals surface area (Å²) in [6.45, 7) is 3.06. The van der Waals surface area contributed by atoms with E-state index in [0.717, 1.165) is 12.2 Å². The molecule has 0 radical (unpaired) electrons. The fraction of sp³-hybridized carbons (Fsp3) is 0.467. The van der Waals surface area contributed by atoms with Gasteiger partial charge in [0.15, 0.2) is 5.82 Å². The number of likely N-dealkylation sites (N-methyl/N-ethyl adjacent to an activating group) is 1. The lowest BCUT2D eigenvalue weighted by atomic mass is 10.1. The number of hydrogen-bond donors (Lipinski definition) is 1. The third-order valence-corrected chi connectivity index (χ3v) is 3.54. The standard InChI is InChI=1S/C15H22N4O2.ClH/c1-11(8-12-6-4-5-7-13(12)20-3)19(2)10-14-17-15(9-16)21-18-14;/h4-7,11H,8-10,16H2,1-3H3;1H. The molecule has 0 aliphatic rings. The predicted molar refractivity (Wildman–Crippen MR) is 87.1 cm³/mol. The highest BCUT2D eigenvalue weighted by molar-refractivity contribution is 5.85. The van der Waals surface area contributed by atoms with E-state index in [9.17, 15) is 0 Å². The van der Waals surface area contributed by atoms with Gasteiger partial charge in [0.1, 0.15) is 5.75 Å². The van der Waals surface area contributed by atoms with Crippen LogP contribution in [0.2, 0.25) is 0 Å². The Bertz CT molecular complexity index is 576. The average molecular weight is 327 g/mol. The molecule has 0 fully saturated rings. The van der Waals surface area contributed by atoms with Crippen LogP contribution in [0.4, 0.5) is 0 Å². The van der Waals surface area contributed by atoms with Crippen LogP contribution in [0.5, 0.6) is 5.75 Å². The summed E-state index contributed by atoms with van der Waals surface area (Å²) in [4.78, 5) is 6.40. The quantitative estimate of drug-likeness (QED) is 0.838. The molecule has 22 heavy (non-hydrogen) atoms. The fourth-order valence-corrected chi connectivity index (χ4v) is 2.16. The van der Waals surface area contributed by atoms with Gasteiger partial charge in [0.2, 0.25) is 5.89 Å². The van der Waals surface area contributed by atoms with Crippen LogP contribution in [-0.4, -0.2) is 35.2 Å². The Hall–Kier alpha value is -1.63. The van der Waals surface area contributed by atoms with E-state index < -0.39 is 0 Å². The van der Waals surface area contributed by atoms with Crippen LogP contribution in [0.3, 0.4) is 0 Å². The molecule has 1 atom stereocenters. The van der Waals surface area contributed by atoms with Gasteiger partial charge in [-0.25, -0.2) is 0 Å². The maximum atomic E-state index is 5.46. The first kappa shape index (κ1) is 18.4. The Morgan fingerprint density at radius 3 is 2.73 bits per heavy atom. The molecular formula is C15H23ClN4O2. The monoisotopic (exact) mass is 326 g/mol. The number of rotatable bonds is 7. The molecule has 2 N–H and O–H groups in total. The molecule has 0 spiro atoms. The van der Waals surface area contributed by atoms with Gasteiger partial charge in [0, 0.05) is 6.04 Å². The number of halogens is 1. The molecular weight excluding hydrogens is 304 g/mol. The summed E-state index contributed by atoms with van der Waals surface area (Å²) >= 11 is 0. The Labute approximate surface area is 137 Å². The second-order valence-electron chi connectivity index (χ2n) is 5.09. The normalized spacial score (nSPS) is 12.0. The predicted octanol–water partition coefficient (Wildman–Crippen LogP) is 2.02. The van der Waals surface area contributed by atoms with Crippen LogP contribution in [0.1, 0.15) is 24.2 Å². The summed E-state index contributed by atoms with van der Waals surface area (Å²) in [5.41, 5.74) is 6.65. The topological polar surface area (TPSA) is 77.4 Å². The summed E-state index contributed by atoms with van der Waals surface area (Å²) < 4.78 is 10.4. The van der Waals surface area contributed by atoms with Crippen molar-refractivity contribution in [2.75, 3.05) is 14.2 Å². The molecule has 2 aromatic rings. The first-order valence-electron chi connectivity index (χ1n) is 6.97. The Balaban J connectivity index is 0.00000242. The molecule has 122 valence electrons. The maximum absolute atomic E-state index is 5.46. The van der Waals surface area contributed by atoms with E-state index in [1.807, 2.05) is 25.2 Å². The van der Waals surface area contributed by atoms with E-state index in [2.05, 4.69) is 28.0 Å². The second-order valence-corrected chi connectivity index (χ2v) is 5.09.